The van der Waals surface area contributed by atoms with Crippen molar-refractivity contribution in [2.24, 2.45) is 0 Å². The number of methoxy groups -OCH3 is 2. The van der Waals surface area contributed by atoms with Crippen LogP contribution >= 0.6 is 11.6 Å². The Morgan fingerprint density at radius 1 is 1.19 bits per heavy atom. The normalized spacial score (nSPS) is 12.3. The zero-order chi connectivity index (χ0) is 19.4. The predicted octanol–water partition coefficient (Wildman–Crippen LogP) is 2.32. The zero-order valence-electron chi connectivity index (χ0n) is 15.6. The number of aromatic nitrogens is 2. The topological polar surface area (TPSA) is 70.0 Å². The first kappa shape index (κ1) is 19.4. The van der Waals surface area contributed by atoms with Crippen LogP contribution < -0.4 is 15.6 Å². The van der Waals surface area contributed by atoms with Crippen molar-refractivity contribution >= 4 is 22.5 Å². The monoisotopic (exact) mass is 388 g/mol. The highest BCUT2D eigenvalue weighted by molar-refractivity contribution is 6.31. The number of nitrogens with two attached hydrogens (primary N) is 1. The largest absolute Gasteiger partial charge is 0.497 e. The highest BCUT2D eigenvalue weighted by atomic mass is 35.5. The number of hydrogen-bond donors (Lipinski definition) is 1. The van der Waals surface area contributed by atoms with Crippen LogP contribution in [-0.2, 0) is 4.74 Å². The van der Waals surface area contributed by atoms with Crippen molar-refractivity contribution in [1.82, 2.24) is 9.55 Å². The Hall–Kier alpha value is -2.41. The van der Waals surface area contributed by atoms with Gasteiger partial charge < -0.3 is 14.8 Å². The lowest BCUT2D eigenvalue weighted by Gasteiger charge is -2.18. The van der Waals surface area contributed by atoms with E-state index in [9.17, 15) is 4.79 Å². The van der Waals surface area contributed by atoms with Gasteiger partial charge >= 0.3 is 0 Å². The van der Waals surface area contributed by atoms with Gasteiger partial charge in [0.05, 0.1) is 36.9 Å². The smallest absolute Gasteiger partial charge is 0.266 e. The molecule has 2 N–H and O–H groups in total. The van der Waals surface area contributed by atoms with Gasteiger partial charge in [-0.15, -0.1) is 0 Å². The summed E-state index contributed by atoms with van der Waals surface area (Å²) in [5.74, 6) is 1.39. The van der Waals surface area contributed by atoms with Gasteiger partial charge in [-0.05, 0) is 49.4 Å². The lowest BCUT2D eigenvalue weighted by atomic mass is 10.2. The molecule has 3 rings (SSSR count). The van der Waals surface area contributed by atoms with Crippen molar-refractivity contribution in [2.75, 3.05) is 27.4 Å². The second kappa shape index (κ2) is 8.52. The fourth-order valence-electron chi connectivity index (χ4n) is 3.00. The van der Waals surface area contributed by atoms with Crippen LogP contribution in [0.25, 0.3) is 16.6 Å². The van der Waals surface area contributed by atoms with E-state index >= 15 is 0 Å². The van der Waals surface area contributed by atoms with Crippen molar-refractivity contribution in [1.29, 1.82) is 0 Å². The van der Waals surface area contributed by atoms with Crippen molar-refractivity contribution in [3.05, 3.63) is 63.7 Å². The molecule has 2 aromatic carbocycles. The van der Waals surface area contributed by atoms with Crippen LogP contribution in [0.4, 0.5) is 0 Å². The molecule has 1 heterocycles. The summed E-state index contributed by atoms with van der Waals surface area (Å²) >= 11 is 6.11. The molecule has 27 heavy (non-hydrogen) atoms. The van der Waals surface area contributed by atoms with Crippen LogP contribution in [-0.4, -0.2) is 36.9 Å². The van der Waals surface area contributed by atoms with Crippen molar-refractivity contribution in [3.8, 4) is 11.4 Å². The lowest BCUT2D eigenvalue weighted by Crippen LogP contribution is -2.86. The average molecular weight is 389 g/mol. The molecule has 3 aromatic rings. The summed E-state index contributed by atoms with van der Waals surface area (Å²) in [5, 5.41) is 3.18. The van der Waals surface area contributed by atoms with Crippen molar-refractivity contribution in [2.45, 2.75) is 13.0 Å². The van der Waals surface area contributed by atoms with Crippen LogP contribution in [0.1, 0.15) is 18.8 Å². The molecule has 6 nitrogen and oxygen atoms in total. The van der Waals surface area contributed by atoms with Gasteiger partial charge in [0.1, 0.15) is 11.8 Å². The molecule has 0 spiro atoms. The van der Waals surface area contributed by atoms with Crippen molar-refractivity contribution in [3.63, 3.8) is 0 Å². The Morgan fingerprint density at radius 3 is 2.59 bits per heavy atom. The Balaban J connectivity index is 2.18. The second-order valence-electron chi connectivity index (χ2n) is 6.28. The summed E-state index contributed by atoms with van der Waals surface area (Å²) in [6.07, 6.45) is 0. The summed E-state index contributed by atoms with van der Waals surface area (Å²) in [6.45, 7) is 3.41. The van der Waals surface area contributed by atoms with Crippen LogP contribution in [0.3, 0.4) is 0 Å². The van der Waals surface area contributed by atoms with E-state index < -0.39 is 0 Å². The molecular formula is C20H23ClN3O3+. The van der Waals surface area contributed by atoms with Crippen LogP contribution in [0, 0.1) is 0 Å². The average Bonchev–Trinajstić information content (AvgIpc) is 2.68. The van der Waals surface area contributed by atoms with E-state index in [1.54, 1.807) is 37.0 Å². The van der Waals surface area contributed by atoms with Gasteiger partial charge in [-0.3, -0.25) is 9.36 Å². The molecule has 0 radical (unpaired) electrons. The number of nitrogens with zero attached hydrogens (tertiary/aromatic N) is 2. The van der Waals surface area contributed by atoms with Gasteiger partial charge in [-0.25, -0.2) is 4.98 Å². The van der Waals surface area contributed by atoms with Crippen molar-refractivity contribution < 1.29 is 14.8 Å². The second-order valence-corrected chi connectivity index (χ2v) is 6.71. The van der Waals surface area contributed by atoms with E-state index in [-0.39, 0.29) is 11.6 Å². The van der Waals surface area contributed by atoms with E-state index in [1.807, 2.05) is 31.2 Å². The molecule has 0 saturated carbocycles. The predicted molar refractivity (Wildman–Crippen MR) is 106 cm³/mol. The first-order chi connectivity index (χ1) is 13.0. The molecule has 0 aliphatic carbocycles. The third-order valence-corrected chi connectivity index (χ3v) is 4.67. The van der Waals surface area contributed by atoms with Gasteiger partial charge in [0.25, 0.3) is 5.56 Å². The number of quaternary nitrogens is 1. The highest BCUT2D eigenvalue weighted by Crippen LogP contribution is 2.21. The Labute approximate surface area is 162 Å². The molecule has 1 aromatic heterocycles. The Morgan fingerprint density at radius 2 is 1.93 bits per heavy atom. The van der Waals surface area contributed by atoms with Gasteiger partial charge in [-0.2, -0.15) is 0 Å². The summed E-state index contributed by atoms with van der Waals surface area (Å²) in [5.41, 5.74) is 1.22. The van der Waals surface area contributed by atoms with Crippen LogP contribution in [0.15, 0.2) is 47.3 Å². The van der Waals surface area contributed by atoms with Crippen LogP contribution in [0.2, 0.25) is 5.02 Å². The Bertz CT molecular complexity index is 986. The number of fused-ring (bicyclic) bond motifs is 1. The molecule has 0 aliphatic heterocycles. The number of benzene rings is 2. The summed E-state index contributed by atoms with van der Waals surface area (Å²) in [7, 11) is 3.28. The number of rotatable bonds is 7. The molecule has 142 valence electrons. The molecular weight excluding hydrogens is 366 g/mol. The van der Waals surface area contributed by atoms with E-state index in [2.05, 4.69) is 5.32 Å². The molecule has 0 bridgehead atoms. The minimum absolute atomic E-state index is 0.0432. The van der Waals surface area contributed by atoms with E-state index in [0.29, 0.717) is 28.4 Å². The number of ether oxygens (including phenoxy) is 2. The lowest BCUT2D eigenvalue weighted by molar-refractivity contribution is -0.695. The maximum absolute atomic E-state index is 13.3. The van der Waals surface area contributed by atoms with E-state index in [0.717, 1.165) is 18.0 Å². The summed E-state index contributed by atoms with van der Waals surface area (Å²) < 4.78 is 12.0. The fraction of sp³-hybridized carbons (Fsp3) is 0.300. The van der Waals surface area contributed by atoms with Gasteiger partial charge in [0.15, 0.2) is 5.82 Å². The summed E-state index contributed by atoms with van der Waals surface area (Å²) in [4.78, 5) is 18.0. The maximum atomic E-state index is 13.3. The SMILES string of the molecule is COCC[NH2+][C@H](C)c1nc2cc(Cl)ccc2c(=O)n1-c1ccc(OC)cc1. The Kier molecular flexibility index (Phi) is 6.11. The third-order valence-electron chi connectivity index (χ3n) is 4.44. The summed E-state index contributed by atoms with van der Waals surface area (Å²) in [6, 6.07) is 12.5. The highest BCUT2D eigenvalue weighted by Gasteiger charge is 2.20. The van der Waals surface area contributed by atoms with E-state index in [1.165, 1.54) is 0 Å². The first-order valence-electron chi connectivity index (χ1n) is 8.74. The third kappa shape index (κ3) is 4.13. The molecule has 0 fully saturated rings. The standard InChI is InChI=1S/C20H22ClN3O3/c1-13(22-10-11-26-2)19-23-18-12-14(21)4-9-17(18)20(25)24(19)15-5-7-16(27-3)8-6-15/h4-9,12-13,22H,10-11H2,1-3H3/p+1/t13-/m1/s1. The molecule has 0 aliphatic rings. The van der Waals surface area contributed by atoms with Crippen LogP contribution in [0.5, 0.6) is 5.75 Å². The minimum atomic E-state index is -0.121. The fourth-order valence-corrected chi connectivity index (χ4v) is 3.17. The minimum Gasteiger partial charge on any atom is -0.497 e. The first-order valence-corrected chi connectivity index (χ1v) is 9.12. The molecule has 7 heteroatoms. The molecule has 0 unspecified atom stereocenters. The zero-order valence-corrected chi connectivity index (χ0v) is 16.4. The molecule has 0 amide bonds. The quantitative estimate of drug-likeness (QED) is 0.630. The van der Waals surface area contributed by atoms with Gasteiger partial charge in [0.2, 0.25) is 0 Å². The van der Waals surface area contributed by atoms with E-state index in [4.69, 9.17) is 26.1 Å². The maximum Gasteiger partial charge on any atom is 0.266 e. The molecule has 1 atom stereocenters. The number of halogens is 1. The number of hydrogen-bond acceptors (Lipinski definition) is 4. The van der Waals surface area contributed by atoms with Gasteiger partial charge in [0, 0.05) is 12.1 Å². The molecule has 0 saturated heterocycles. The van der Waals surface area contributed by atoms with Gasteiger partial charge in [-0.1, -0.05) is 11.6 Å².